The highest BCUT2D eigenvalue weighted by Crippen LogP contribution is 2.19. The van der Waals surface area contributed by atoms with Gasteiger partial charge in [-0.3, -0.25) is 38.6 Å². The zero-order chi connectivity index (χ0) is 35.7. The van der Waals surface area contributed by atoms with Crippen LogP contribution in [0.1, 0.15) is 32.1 Å². The summed E-state index contributed by atoms with van der Waals surface area (Å²) in [6.45, 7) is -1.96. The second kappa shape index (κ2) is 20.4. The van der Waals surface area contributed by atoms with Crippen LogP contribution in [0.2, 0.25) is 0 Å². The molecule has 14 N–H and O–H groups in total. The summed E-state index contributed by atoms with van der Waals surface area (Å²) in [4.78, 5) is 103. The van der Waals surface area contributed by atoms with Crippen LogP contribution in [0, 0.1) is 0 Å². The molecule has 0 aromatic rings. The van der Waals surface area contributed by atoms with Gasteiger partial charge in [0, 0.05) is 18.8 Å². The number of aliphatic carboxylic acids is 2. The minimum Gasteiger partial charge on any atom is -0.481 e. The lowest BCUT2D eigenvalue weighted by atomic mass is 10.1. The van der Waals surface area contributed by atoms with Crippen LogP contribution in [0.3, 0.4) is 0 Å². The van der Waals surface area contributed by atoms with Crippen LogP contribution in [-0.4, -0.2) is 142 Å². The average Bonchev–Trinajstić information content (AvgIpc) is 3.51. The highest BCUT2D eigenvalue weighted by molar-refractivity contribution is 7.80. The molecule has 0 unspecified atom stereocenters. The monoisotopic (exact) mass is 690 g/mol. The number of amides is 6. The molecule has 0 aromatic heterocycles. The molecule has 0 radical (unpaired) electrons. The van der Waals surface area contributed by atoms with Crippen molar-refractivity contribution in [2.24, 2.45) is 22.2 Å². The highest BCUT2D eigenvalue weighted by atomic mass is 32.1. The molecule has 0 aromatic carbocycles. The van der Waals surface area contributed by atoms with Crippen molar-refractivity contribution in [1.29, 1.82) is 0 Å². The van der Waals surface area contributed by atoms with Gasteiger partial charge in [0.1, 0.15) is 30.2 Å². The van der Waals surface area contributed by atoms with Crippen molar-refractivity contribution in [3.63, 3.8) is 0 Å². The van der Waals surface area contributed by atoms with E-state index in [0.29, 0.717) is 6.42 Å². The van der Waals surface area contributed by atoms with E-state index in [1.807, 2.05) is 0 Å². The van der Waals surface area contributed by atoms with Gasteiger partial charge >= 0.3 is 11.9 Å². The van der Waals surface area contributed by atoms with E-state index in [9.17, 15) is 53.7 Å². The number of nitrogens with one attached hydrogen (secondary N) is 5. The molecule has 1 saturated heterocycles. The van der Waals surface area contributed by atoms with Crippen LogP contribution in [-0.2, 0) is 38.4 Å². The Morgan fingerprint density at radius 2 is 1.55 bits per heavy atom. The van der Waals surface area contributed by atoms with Crippen molar-refractivity contribution in [3.05, 3.63) is 0 Å². The van der Waals surface area contributed by atoms with Gasteiger partial charge in [0.05, 0.1) is 26.1 Å². The van der Waals surface area contributed by atoms with E-state index in [-0.39, 0.29) is 44.1 Å². The number of nitrogens with two attached hydrogens (primary N) is 3. The van der Waals surface area contributed by atoms with Crippen molar-refractivity contribution in [2.45, 2.75) is 62.3 Å². The lowest BCUT2D eigenvalue weighted by Crippen LogP contribution is -2.59. The second-order valence-electron chi connectivity index (χ2n) is 10.2. The first-order valence-electron chi connectivity index (χ1n) is 14.3. The van der Waals surface area contributed by atoms with Gasteiger partial charge in [-0.2, -0.15) is 12.6 Å². The number of thiol groups is 1. The van der Waals surface area contributed by atoms with Crippen LogP contribution in [0.5, 0.6) is 0 Å². The maximum atomic E-state index is 13.2. The molecule has 5 atom stereocenters. The van der Waals surface area contributed by atoms with Crippen molar-refractivity contribution >= 4 is 66.0 Å². The number of hydrogen-bond acceptors (Lipinski definition) is 12. The molecule has 1 fully saturated rings. The summed E-state index contributed by atoms with van der Waals surface area (Å²) in [5.74, 6) is -8.58. The SMILES string of the molecule is NCC(=O)N[C@@H](CCCN=C(N)N)C(=O)NCC(=O)N[C@@H](CC(=O)O)C(=O)N[C@@H](CO)C(=O)N1CCC[C@H]1C(=O)N[C@@H](CS)C(=O)O. The Balaban J connectivity index is 2.90. The first-order valence-corrected chi connectivity index (χ1v) is 15.0. The lowest BCUT2D eigenvalue weighted by molar-refractivity contribution is -0.145. The fourth-order valence-corrected chi connectivity index (χ4v) is 4.61. The van der Waals surface area contributed by atoms with E-state index in [2.05, 4.69) is 44.2 Å². The number of nitrogens with zero attached hydrogens (tertiary/aromatic N) is 2. The summed E-state index contributed by atoms with van der Waals surface area (Å²) in [6.07, 6.45) is -0.109. The van der Waals surface area contributed by atoms with Crippen molar-refractivity contribution in [2.75, 3.05) is 38.5 Å². The molecule has 0 spiro atoms. The summed E-state index contributed by atoms with van der Waals surface area (Å²) < 4.78 is 0. The minimum atomic E-state index is -1.77. The van der Waals surface area contributed by atoms with Crippen LogP contribution < -0.4 is 43.8 Å². The average molecular weight is 691 g/mol. The number of carbonyl (C=O) groups is 8. The molecule has 264 valence electrons. The largest absolute Gasteiger partial charge is 0.481 e. The van der Waals surface area contributed by atoms with Crippen molar-refractivity contribution in [3.8, 4) is 0 Å². The van der Waals surface area contributed by atoms with E-state index in [0.717, 1.165) is 4.90 Å². The second-order valence-corrected chi connectivity index (χ2v) is 10.6. The topological polar surface area (TPSA) is 351 Å². The number of aliphatic hydroxyl groups excluding tert-OH is 1. The third-order valence-corrected chi connectivity index (χ3v) is 7.03. The molecule has 1 heterocycles. The zero-order valence-corrected chi connectivity index (χ0v) is 26.2. The minimum absolute atomic E-state index is 0.0396. The molecule has 0 bridgehead atoms. The third kappa shape index (κ3) is 14.1. The van der Waals surface area contributed by atoms with Gasteiger partial charge in [-0.25, -0.2) is 4.79 Å². The van der Waals surface area contributed by atoms with Gasteiger partial charge in [-0.1, -0.05) is 0 Å². The summed E-state index contributed by atoms with van der Waals surface area (Å²) in [5.41, 5.74) is 15.8. The Kier molecular flexibility index (Phi) is 17.5. The molecule has 0 saturated carbocycles. The predicted octanol–water partition coefficient (Wildman–Crippen LogP) is -6.47. The smallest absolute Gasteiger partial charge is 0.327 e. The quantitative estimate of drug-likeness (QED) is 0.0245. The summed E-state index contributed by atoms with van der Waals surface area (Å²) in [7, 11) is 0. The number of carbonyl (C=O) groups excluding carboxylic acids is 6. The van der Waals surface area contributed by atoms with E-state index in [1.165, 1.54) is 0 Å². The number of hydrogen-bond donors (Lipinski definition) is 12. The maximum Gasteiger partial charge on any atom is 0.327 e. The summed E-state index contributed by atoms with van der Waals surface area (Å²) in [5, 5.41) is 39.5. The van der Waals surface area contributed by atoms with Gasteiger partial charge < -0.3 is 64.0 Å². The number of carboxylic acid groups (broad SMARTS) is 2. The number of likely N-dealkylation sites (tertiary alicyclic amines) is 1. The fraction of sp³-hybridized carbons (Fsp3) is 0.640. The van der Waals surface area contributed by atoms with Crippen LogP contribution in [0.4, 0.5) is 0 Å². The summed E-state index contributed by atoms with van der Waals surface area (Å²) >= 11 is 3.88. The molecular formula is C25H42N10O11S. The Morgan fingerprint density at radius 1 is 0.894 bits per heavy atom. The first kappa shape index (κ1) is 40.3. The number of carboxylic acids is 2. The lowest BCUT2D eigenvalue weighted by Gasteiger charge is -2.29. The summed E-state index contributed by atoms with van der Waals surface area (Å²) in [6, 6.07) is -7.00. The van der Waals surface area contributed by atoms with Gasteiger partial charge in [0.25, 0.3) is 0 Å². The number of aliphatic hydroxyl groups is 1. The molecule has 1 rings (SSSR count). The number of aliphatic imine (C=N–C) groups is 1. The molecule has 47 heavy (non-hydrogen) atoms. The molecular weight excluding hydrogens is 648 g/mol. The predicted molar refractivity (Wildman–Crippen MR) is 165 cm³/mol. The highest BCUT2D eigenvalue weighted by Gasteiger charge is 2.39. The van der Waals surface area contributed by atoms with E-state index in [1.54, 1.807) is 0 Å². The van der Waals surface area contributed by atoms with E-state index in [4.69, 9.17) is 17.2 Å². The van der Waals surface area contributed by atoms with Crippen molar-refractivity contribution < 1.29 is 53.7 Å². The molecule has 1 aliphatic rings. The van der Waals surface area contributed by atoms with Crippen LogP contribution in [0.25, 0.3) is 0 Å². The number of guanidine groups is 1. The van der Waals surface area contributed by atoms with E-state index >= 15 is 0 Å². The molecule has 21 nitrogen and oxygen atoms in total. The molecule has 1 aliphatic heterocycles. The Bertz CT molecular complexity index is 1200. The maximum absolute atomic E-state index is 13.2. The van der Waals surface area contributed by atoms with Crippen LogP contribution in [0.15, 0.2) is 4.99 Å². The Hall–Kier alpha value is -4.70. The number of rotatable bonds is 20. The molecule has 0 aliphatic carbocycles. The van der Waals surface area contributed by atoms with Gasteiger partial charge in [-0.05, 0) is 25.7 Å². The standard InChI is InChI=1S/C25H42N10O11S/c26-8-17(37)31-12(3-1-5-29-25(27)28)20(41)30-9-18(38)32-13(7-19(39)40)21(42)33-14(10-36)23(44)35-6-2-4-16(35)22(43)34-15(11-47)24(45)46/h12-16,36,47H,1-11,26H2,(H,30,41)(H,31,37)(H,32,38)(H,33,42)(H,34,43)(H,39,40)(H,45,46)(H4,27,28,29)/t12-,13-,14-,15-,16-/m0/s1. The third-order valence-electron chi connectivity index (χ3n) is 6.67. The molecule has 22 heteroatoms. The van der Waals surface area contributed by atoms with Gasteiger partial charge in [-0.15, -0.1) is 0 Å². The van der Waals surface area contributed by atoms with E-state index < -0.39 is 104 Å². The fourth-order valence-electron chi connectivity index (χ4n) is 4.36. The normalized spacial score (nSPS) is 16.4. The van der Waals surface area contributed by atoms with Gasteiger partial charge in [0.2, 0.25) is 35.4 Å². The first-order chi connectivity index (χ1) is 22.1. The van der Waals surface area contributed by atoms with Crippen molar-refractivity contribution in [1.82, 2.24) is 31.5 Å². The van der Waals surface area contributed by atoms with Gasteiger partial charge in [0.15, 0.2) is 5.96 Å². The Labute approximate surface area is 274 Å². The Morgan fingerprint density at radius 3 is 2.11 bits per heavy atom. The van der Waals surface area contributed by atoms with Crippen LogP contribution >= 0.6 is 12.6 Å². The molecule has 6 amide bonds. The zero-order valence-electron chi connectivity index (χ0n) is 25.3.